The molecule has 0 heterocycles. The highest BCUT2D eigenvalue weighted by Gasteiger charge is 2.05. The number of hydrogen-bond donors (Lipinski definition) is 2. The lowest BCUT2D eigenvalue weighted by molar-refractivity contribution is -0.146. The molecule has 0 spiro atoms. The fourth-order valence-corrected chi connectivity index (χ4v) is 1.19. The van der Waals surface area contributed by atoms with E-state index in [0.717, 1.165) is 12.8 Å². The van der Waals surface area contributed by atoms with Gasteiger partial charge < -0.3 is 14.9 Å². The summed E-state index contributed by atoms with van der Waals surface area (Å²) < 4.78 is 4.74. The van der Waals surface area contributed by atoms with E-state index in [-0.39, 0.29) is 13.0 Å². The standard InChI is InChI=1S/C14H24O4/c1-2-3-4-5-6-7-8-9-10-14(17)18-12-13(16)11-15/h5-6,8-9,13,15-16H,2-4,7,10-12H2,1H3/b6-5-,9-8-. The van der Waals surface area contributed by atoms with Crippen LogP contribution >= 0.6 is 0 Å². The van der Waals surface area contributed by atoms with Crippen LogP contribution in [0.25, 0.3) is 0 Å². The Morgan fingerprint density at radius 1 is 1.28 bits per heavy atom. The van der Waals surface area contributed by atoms with Crippen LogP contribution < -0.4 is 0 Å². The van der Waals surface area contributed by atoms with E-state index in [1.807, 2.05) is 6.08 Å². The molecule has 1 unspecified atom stereocenters. The SMILES string of the molecule is CCCC/C=C\C/C=C\CC(=O)OCC(O)CO. The fourth-order valence-electron chi connectivity index (χ4n) is 1.19. The third-order valence-corrected chi connectivity index (χ3v) is 2.26. The quantitative estimate of drug-likeness (QED) is 0.356. The zero-order valence-corrected chi connectivity index (χ0v) is 11.0. The summed E-state index contributed by atoms with van der Waals surface area (Å²) in [5.41, 5.74) is 0. The third kappa shape index (κ3) is 11.4. The molecule has 0 saturated carbocycles. The number of rotatable bonds is 10. The number of ether oxygens (including phenoxy) is 1. The van der Waals surface area contributed by atoms with E-state index in [1.165, 1.54) is 12.8 Å². The third-order valence-electron chi connectivity index (χ3n) is 2.26. The molecule has 4 nitrogen and oxygen atoms in total. The molecular formula is C14H24O4. The van der Waals surface area contributed by atoms with E-state index in [0.29, 0.717) is 0 Å². The lowest BCUT2D eigenvalue weighted by Gasteiger charge is -2.06. The minimum Gasteiger partial charge on any atom is -0.463 e. The monoisotopic (exact) mass is 256 g/mol. The highest BCUT2D eigenvalue weighted by molar-refractivity contribution is 5.71. The number of carbonyl (C=O) groups excluding carboxylic acids is 1. The molecule has 0 saturated heterocycles. The van der Waals surface area contributed by atoms with Gasteiger partial charge in [-0.05, 0) is 12.8 Å². The number of aliphatic hydroxyl groups is 2. The molecule has 104 valence electrons. The van der Waals surface area contributed by atoms with Gasteiger partial charge in [0.15, 0.2) is 0 Å². The summed E-state index contributed by atoms with van der Waals surface area (Å²) in [7, 11) is 0. The summed E-state index contributed by atoms with van der Waals surface area (Å²) in [6, 6.07) is 0. The van der Waals surface area contributed by atoms with Crippen LogP contribution in [0.4, 0.5) is 0 Å². The molecule has 0 bridgehead atoms. The van der Waals surface area contributed by atoms with Gasteiger partial charge in [-0.25, -0.2) is 0 Å². The minimum atomic E-state index is -0.987. The van der Waals surface area contributed by atoms with Crippen molar-refractivity contribution in [2.24, 2.45) is 0 Å². The predicted octanol–water partition coefficient (Wildman–Crippen LogP) is 1.97. The van der Waals surface area contributed by atoms with Gasteiger partial charge in [0, 0.05) is 0 Å². The molecule has 0 aliphatic rings. The minimum absolute atomic E-state index is 0.153. The van der Waals surface area contributed by atoms with Crippen molar-refractivity contribution in [1.29, 1.82) is 0 Å². The van der Waals surface area contributed by atoms with E-state index >= 15 is 0 Å². The van der Waals surface area contributed by atoms with Gasteiger partial charge in [-0.15, -0.1) is 0 Å². The fraction of sp³-hybridized carbons (Fsp3) is 0.643. The molecule has 0 amide bonds. The van der Waals surface area contributed by atoms with Gasteiger partial charge in [0.05, 0.1) is 13.0 Å². The molecule has 18 heavy (non-hydrogen) atoms. The molecule has 0 aromatic carbocycles. The Labute approximate surface area is 109 Å². The zero-order valence-electron chi connectivity index (χ0n) is 11.0. The van der Waals surface area contributed by atoms with E-state index in [4.69, 9.17) is 14.9 Å². The number of aliphatic hydroxyl groups excluding tert-OH is 2. The number of hydrogen-bond acceptors (Lipinski definition) is 4. The first-order chi connectivity index (χ1) is 8.70. The molecule has 0 rings (SSSR count). The number of esters is 1. The van der Waals surface area contributed by atoms with Gasteiger partial charge in [0.2, 0.25) is 0 Å². The Bertz CT molecular complexity index is 259. The largest absolute Gasteiger partial charge is 0.463 e. The Morgan fingerprint density at radius 3 is 2.67 bits per heavy atom. The van der Waals surface area contributed by atoms with Crippen molar-refractivity contribution in [3.05, 3.63) is 24.3 Å². The number of allylic oxidation sites excluding steroid dienone is 3. The highest BCUT2D eigenvalue weighted by Crippen LogP contribution is 1.98. The molecule has 0 aromatic rings. The summed E-state index contributed by atoms with van der Waals surface area (Å²) >= 11 is 0. The van der Waals surface area contributed by atoms with Crippen molar-refractivity contribution in [2.75, 3.05) is 13.2 Å². The molecule has 4 heteroatoms. The van der Waals surface area contributed by atoms with Gasteiger partial charge >= 0.3 is 5.97 Å². The van der Waals surface area contributed by atoms with E-state index in [2.05, 4.69) is 19.1 Å². The van der Waals surface area contributed by atoms with Gasteiger partial charge in [0.1, 0.15) is 12.7 Å². The van der Waals surface area contributed by atoms with Crippen LogP contribution in [-0.4, -0.2) is 35.5 Å². The van der Waals surface area contributed by atoms with E-state index in [9.17, 15) is 4.79 Å². The van der Waals surface area contributed by atoms with Crippen molar-refractivity contribution in [1.82, 2.24) is 0 Å². The van der Waals surface area contributed by atoms with Crippen LogP contribution in [0.1, 0.15) is 39.0 Å². The normalized spacial score (nSPS) is 13.3. The average Bonchev–Trinajstić information content (AvgIpc) is 2.39. The predicted molar refractivity (Wildman–Crippen MR) is 71.1 cm³/mol. The van der Waals surface area contributed by atoms with Gasteiger partial charge in [0.25, 0.3) is 0 Å². The average molecular weight is 256 g/mol. The summed E-state index contributed by atoms with van der Waals surface area (Å²) in [5.74, 6) is -0.395. The van der Waals surface area contributed by atoms with Crippen molar-refractivity contribution >= 4 is 5.97 Å². The van der Waals surface area contributed by atoms with Crippen LogP contribution in [0, 0.1) is 0 Å². The van der Waals surface area contributed by atoms with Crippen LogP contribution in [0.3, 0.4) is 0 Å². The topological polar surface area (TPSA) is 66.8 Å². The summed E-state index contributed by atoms with van der Waals surface area (Å²) in [6.45, 7) is 1.61. The second-order valence-electron chi connectivity index (χ2n) is 4.04. The first kappa shape index (κ1) is 16.9. The van der Waals surface area contributed by atoms with Crippen molar-refractivity contribution in [3.63, 3.8) is 0 Å². The maximum atomic E-state index is 11.2. The Kier molecular flexibility index (Phi) is 11.6. The van der Waals surface area contributed by atoms with E-state index < -0.39 is 18.7 Å². The van der Waals surface area contributed by atoms with Crippen LogP contribution in [0.2, 0.25) is 0 Å². The highest BCUT2D eigenvalue weighted by atomic mass is 16.5. The maximum Gasteiger partial charge on any atom is 0.309 e. The van der Waals surface area contributed by atoms with Crippen molar-refractivity contribution in [3.8, 4) is 0 Å². The zero-order chi connectivity index (χ0) is 13.6. The molecule has 1 atom stereocenters. The number of carbonyl (C=O) groups is 1. The summed E-state index contributed by atoms with van der Waals surface area (Å²) in [4.78, 5) is 11.2. The Hall–Kier alpha value is -1.13. The van der Waals surface area contributed by atoms with Gasteiger partial charge in [-0.1, -0.05) is 44.1 Å². The van der Waals surface area contributed by atoms with Gasteiger partial charge in [-0.3, -0.25) is 4.79 Å². The molecule has 0 aliphatic heterocycles. The molecule has 0 radical (unpaired) electrons. The molecule has 0 aliphatic carbocycles. The lowest BCUT2D eigenvalue weighted by Crippen LogP contribution is -2.21. The second-order valence-corrected chi connectivity index (χ2v) is 4.04. The smallest absolute Gasteiger partial charge is 0.309 e. The van der Waals surface area contributed by atoms with Crippen molar-refractivity contribution < 1.29 is 19.7 Å². The molecule has 2 N–H and O–H groups in total. The first-order valence-corrected chi connectivity index (χ1v) is 6.45. The summed E-state index contributed by atoms with van der Waals surface area (Å²) in [5, 5.41) is 17.5. The van der Waals surface area contributed by atoms with Crippen LogP contribution in [0.5, 0.6) is 0 Å². The Morgan fingerprint density at radius 2 is 2.00 bits per heavy atom. The van der Waals surface area contributed by atoms with E-state index in [1.54, 1.807) is 6.08 Å². The first-order valence-electron chi connectivity index (χ1n) is 6.45. The molecule has 0 fully saturated rings. The second kappa shape index (κ2) is 12.3. The lowest BCUT2D eigenvalue weighted by atomic mass is 10.2. The van der Waals surface area contributed by atoms with Gasteiger partial charge in [-0.2, -0.15) is 0 Å². The summed E-state index contributed by atoms with van der Waals surface area (Å²) in [6.07, 6.45) is 11.4. The Balaban J connectivity index is 3.51. The van der Waals surface area contributed by atoms with Crippen molar-refractivity contribution in [2.45, 2.75) is 45.1 Å². The maximum absolute atomic E-state index is 11.2. The molecule has 0 aromatic heterocycles. The van der Waals surface area contributed by atoms with Crippen LogP contribution in [0.15, 0.2) is 24.3 Å². The molecular weight excluding hydrogens is 232 g/mol. The van der Waals surface area contributed by atoms with Crippen LogP contribution in [-0.2, 0) is 9.53 Å². The number of unbranched alkanes of at least 4 members (excludes halogenated alkanes) is 2.